The van der Waals surface area contributed by atoms with Crippen LogP contribution in [0, 0.1) is 0 Å². The van der Waals surface area contributed by atoms with E-state index in [4.69, 9.17) is 16.3 Å². The number of hydrogen-bond donors (Lipinski definition) is 1. The summed E-state index contributed by atoms with van der Waals surface area (Å²) in [4.78, 5) is 10.8. The summed E-state index contributed by atoms with van der Waals surface area (Å²) in [5.41, 5.74) is 1.33. The van der Waals surface area contributed by atoms with E-state index in [1.807, 2.05) is 0 Å². The number of morpholine rings is 1. The third-order valence-electron chi connectivity index (χ3n) is 4.25. The van der Waals surface area contributed by atoms with E-state index in [-0.39, 0.29) is 12.1 Å². The number of halogens is 1. The lowest BCUT2D eigenvalue weighted by molar-refractivity contribution is -0.0403. The molecule has 1 fully saturated rings. The zero-order chi connectivity index (χ0) is 16.8. The van der Waals surface area contributed by atoms with Crippen molar-refractivity contribution in [3.8, 4) is 0 Å². The van der Waals surface area contributed by atoms with Gasteiger partial charge >= 0.3 is 0 Å². The maximum absolute atomic E-state index is 6.02. The summed E-state index contributed by atoms with van der Waals surface area (Å²) in [5.74, 6) is 0.693. The molecule has 0 radical (unpaired) electrons. The zero-order valence-corrected chi connectivity index (χ0v) is 14.6. The highest BCUT2D eigenvalue weighted by Gasteiger charge is 2.27. The molecule has 2 aromatic rings. The average Bonchev–Trinajstić information content (AvgIpc) is 2.61. The summed E-state index contributed by atoms with van der Waals surface area (Å²) in [6.07, 6.45) is 4.29. The fraction of sp³-hybridized carbons (Fsp3) is 0.444. The van der Waals surface area contributed by atoms with Crippen molar-refractivity contribution in [2.24, 2.45) is 0 Å². The predicted octanol–water partition coefficient (Wildman–Crippen LogP) is 3.22. The van der Waals surface area contributed by atoms with Crippen molar-refractivity contribution in [2.45, 2.75) is 32.0 Å². The Hall–Kier alpha value is -1.69. The van der Waals surface area contributed by atoms with E-state index in [1.54, 1.807) is 6.20 Å². The van der Waals surface area contributed by atoms with Gasteiger partial charge in [-0.2, -0.15) is 0 Å². The molecule has 0 spiro atoms. The Kier molecular flexibility index (Phi) is 6.01. The van der Waals surface area contributed by atoms with Crippen molar-refractivity contribution < 1.29 is 4.74 Å². The smallest absolute Gasteiger partial charge is 0.149 e. The largest absolute Gasteiger partial charge is 0.373 e. The van der Waals surface area contributed by atoms with Gasteiger partial charge in [-0.3, -0.25) is 9.88 Å². The Bertz CT molecular complexity index is 640. The quantitative estimate of drug-likeness (QED) is 0.870. The molecule has 2 heterocycles. The first-order chi connectivity index (χ1) is 11.7. The molecular formula is C18H23ClN4O. The molecule has 0 aliphatic carbocycles. The molecule has 6 heteroatoms. The molecule has 1 N–H and O–H groups in total. The number of aromatic nitrogens is 2. The third kappa shape index (κ3) is 4.66. The number of ether oxygens (including phenoxy) is 1. The molecule has 3 rings (SSSR count). The molecule has 5 nitrogen and oxygen atoms in total. The average molecular weight is 347 g/mol. The fourth-order valence-electron chi connectivity index (χ4n) is 3.02. The van der Waals surface area contributed by atoms with Crippen LogP contribution in [0.5, 0.6) is 0 Å². The molecule has 1 aromatic heterocycles. The van der Waals surface area contributed by atoms with E-state index >= 15 is 0 Å². The highest BCUT2D eigenvalue weighted by molar-refractivity contribution is 6.29. The lowest BCUT2D eigenvalue weighted by atomic mass is 10.1. The van der Waals surface area contributed by atoms with Crippen molar-refractivity contribution in [1.29, 1.82) is 0 Å². The van der Waals surface area contributed by atoms with Gasteiger partial charge in [0.25, 0.3) is 0 Å². The molecule has 2 atom stereocenters. The topological polar surface area (TPSA) is 50.3 Å². The van der Waals surface area contributed by atoms with Gasteiger partial charge in [-0.25, -0.2) is 4.98 Å². The number of nitrogens with zero attached hydrogens (tertiary/aromatic N) is 3. The Morgan fingerprint density at radius 2 is 2.17 bits per heavy atom. The number of benzene rings is 1. The molecule has 0 amide bonds. The van der Waals surface area contributed by atoms with Crippen LogP contribution in [0.15, 0.2) is 42.7 Å². The van der Waals surface area contributed by atoms with Gasteiger partial charge in [-0.05, 0) is 12.0 Å². The normalized spacial score (nSPS) is 19.8. The summed E-state index contributed by atoms with van der Waals surface area (Å²) in [6, 6.07) is 10.7. The van der Waals surface area contributed by atoms with Crippen LogP contribution in [-0.2, 0) is 11.3 Å². The molecule has 1 aliphatic heterocycles. The van der Waals surface area contributed by atoms with Gasteiger partial charge in [0.2, 0.25) is 0 Å². The molecule has 128 valence electrons. The van der Waals surface area contributed by atoms with E-state index in [1.165, 1.54) is 11.8 Å². The fourth-order valence-corrected chi connectivity index (χ4v) is 3.17. The molecule has 0 saturated carbocycles. The maximum atomic E-state index is 6.02. The van der Waals surface area contributed by atoms with Gasteiger partial charge in [0.15, 0.2) is 0 Å². The van der Waals surface area contributed by atoms with Crippen LogP contribution in [0.4, 0.5) is 5.82 Å². The number of anilines is 1. The van der Waals surface area contributed by atoms with Crippen LogP contribution in [0.25, 0.3) is 0 Å². The summed E-state index contributed by atoms with van der Waals surface area (Å²) < 4.78 is 6.02. The van der Waals surface area contributed by atoms with Gasteiger partial charge in [-0.1, -0.05) is 48.9 Å². The number of rotatable bonds is 6. The maximum Gasteiger partial charge on any atom is 0.149 e. The van der Waals surface area contributed by atoms with Crippen LogP contribution < -0.4 is 5.32 Å². The van der Waals surface area contributed by atoms with Crippen LogP contribution in [-0.4, -0.2) is 46.7 Å². The van der Waals surface area contributed by atoms with Crippen LogP contribution in [0.3, 0.4) is 0 Å². The summed E-state index contributed by atoms with van der Waals surface area (Å²) >= 11 is 5.92. The minimum Gasteiger partial charge on any atom is -0.373 e. The molecular weight excluding hydrogens is 324 g/mol. The zero-order valence-electron chi connectivity index (χ0n) is 13.9. The highest BCUT2D eigenvalue weighted by Crippen LogP contribution is 2.18. The lowest BCUT2D eigenvalue weighted by Gasteiger charge is -2.37. The van der Waals surface area contributed by atoms with Crippen LogP contribution in [0.2, 0.25) is 5.15 Å². The van der Waals surface area contributed by atoms with E-state index in [9.17, 15) is 0 Å². The lowest BCUT2D eigenvalue weighted by Crippen LogP contribution is -2.49. The van der Waals surface area contributed by atoms with Crippen LogP contribution >= 0.6 is 11.6 Å². The van der Waals surface area contributed by atoms with Crippen molar-refractivity contribution in [3.63, 3.8) is 0 Å². The molecule has 0 bridgehead atoms. The standard InChI is InChI=1S/C18H23ClN4O/c1-2-15(21-18-11-20-10-17(19)22-18)16-13-23(8-9-24-16)12-14-6-4-3-5-7-14/h3-7,10-11,15-16H,2,8-9,12-13H2,1H3,(H,21,22). The third-order valence-corrected chi connectivity index (χ3v) is 4.44. The molecule has 1 aliphatic rings. The predicted molar refractivity (Wildman–Crippen MR) is 96.2 cm³/mol. The second-order valence-electron chi connectivity index (χ2n) is 6.02. The monoisotopic (exact) mass is 346 g/mol. The van der Waals surface area contributed by atoms with Gasteiger partial charge in [0.1, 0.15) is 11.0 Å². The SMILES string of the molecule is CCC(Nc1cncc(Cl)n1)C1CN(Cc2ccccc2)CCO1. The van der Waals surface area contributed by atoms with Crippen molar-refractivity contribution in [3.05, 3.63) is 53.4 Å². The van der Waals surface area contributed by atoms with Gasteiger partial charge in [-0.15, -0.1) is 0 Å². The second-order valence-corrected chi connectivity index (χ2v) is 6.40. The van der Waals surface area contributed by atoms with E-state index in [2.05, 4.69) is 57.4 Å². The van der Waals surface area contributed by atoms with Gasteiger partial charge in [0, 0.05) is 19.6 Å². The molecule has 1 aromatic carbocycles. The Balaban J connectivity index is 1.61. The minimum atomic E-state index is 0.119. The molecule has 24 heavy (non-hydrogen) atoms. The summed E-state index contributed by atoms with van der Waals surface area (Å²) in [5, 5.41) is 3.81. The number of hydrogen-bond acceptors (Lipinski definition) is 5. The Morgan fingerprint density at radius 1 is 1.33 bits per heavy atom. The van der Waals surface area contributed by atoms with Crippen molar-refractivity contribution >= 4 is 17.4 Å². The van der Waals surface area contributed by atoms with Crippen molar-refractivity contribution in [1.82, 2.24) is 14.9 Å². The van der Waals surface area contributed by atoms with E-state index in [0.29, 0.717) is 11.0 Å². The van der Waals surface area contributed by atoms with E-state index in [0.717, 1.165) is 32.7 Å². The first-order valence-corrected chi connectivity index (χ1v) is 8.74. The second kappa shape index (κ2) is 8.42. The summed E-state index contributed by atoms with van der Waals surface area (Å²) in [6.45, 7) is 5.70. The Morgan fingerprint density at radius 3 is 2.92 bits per heavy atom. The van der Waals surface area contributed by atoms with Crippen LogP contribution in [0.1, 0.15) is 18.9 Å². The molecule has 1 saturated heterocycles. The highest BCUT2D eigenvalue weighted by atomic mass is 35.5. The molecule has 2 unspecified atom stereocenters. The van der Waals surface area contributed by atoms with Crippen molar-refractivity contribution in [2.75, 3.05) is 25.0 Å². The number of nitrogens with one attached hydrogen (secondary N) is 1. The minimum absolute atomic E-state index is 0.119. The van der Waals surface area contributed by atoms with E-state index < -0.39 is 0 Å². The van der Waals surface area contributed by atoms with Gasteiger partial charge in [0.05, 0.1) is 31.1 Å². The summed E-state index contributed by atoms with van der Waals surface area (Å²) in [7, 11) is 0. The Labute approximate surface area is 148 Å². The van der Waals surface area contributed by atoms with Gasteiger partial charge < -0.3 is 10.1 Å². The first kappa shape index (κ1) is 17.1. The first-order valence-electron chi connectivity index (χ1n) is 8.36.